The van der Waals surface area contributed by atoms with Gasteiger partial charge in [0.05, 0.1) is 0 Å². The SMILES string of the molecule is C[C@H]1[C@@H]2CN(C)C[C@@H]2CN1Cc1ccc(F)cc1. The molecule has 0 aliphatic carbocycles. The normalized spacial score (nSPS) is 32.9. The molecule has 0 unspecified atom stereocenters. The van der Waals surface area contributed by atoms with E-state index in [-0.39, 0.29) is 5.82 Å². The van der Waals surface area contributed by atoms with Crippen molar-refractivity contribution in [2.24, 2.45) is 11.8 Å². The van der Waals surface area contributed by atoms with Crippen LogP contribution in [0.5, 0.6) is 0 Å². The molecule has 0 N–H and O–H groups in total. The van der Waals surface area contributed by atoms with Gasteiger partial charge >= 0.3 is 0 Å². The standard InChI is InChI=1S/C15H21FN2/c1-11-15-10-17(2)8-13(15)9-18(11)7-12-3-5-14(16)6-4-12/h3-6,11,13,15H,7-10H2,1-2H3/t11-,13+,15-/m0/s1. The van der Waals surface area contributed by atoms with Gasteiger partial charge in [0.1, 0.15) is 5.82 Å². The Morgan fingerprint density at radius 2 is 1.89 bits per heavy atom. The second kappa shape index (κ2) is 4.63. The molecule has 2 heterocycles. The van der Waals surface area contributed by atoms with Crippen molar-refractivity contribution >= 4 is 0 Å². The predicted octanol–water partition coefficient (Wildman–Crippen LogP) is 2.21. The molecule has 98 valence electrons. The van der Waals surface area contributed by atoms with E-state index in [1.165, 1.54) is 25.2 Å². The molecule has 2 aliphatic rings. The topological polar surface area (TPSA) is 6.48 Å². The molecular weight excluding hydrogens is 227 g/mol. The highest BCUT2D eigenvalue weighted by atomic mass is 19.1. The quantitative estimate of drug-likeness (QED) is 0.792. The molecule has 2 nitrogen and oxygen atoms in total. The summed E-state index contributed by atoms with van der Waals surface area (Å²) in [6.07, 6.45) is 0. The molecule has 3 heteroatoms. The first-order chi connectivity index (χ1) is 8.63. The number of benzene rings is 1. The maximum atomic E-state index is 12.9. The summed E-state index contributed by atoms with van der Waals surface area (Å²) in [6, 6.07) is 7.57. The van der Waals surface area contributed by atoms with Crippen molar-refractivity contribution in [2.45, 2.75) is 19.5 Å². The minimum Gasteiger partial charge on any atom is -0.306 e. The average Bonchev–Trinajstić information content (AvgIpc) is 2.82. The van der Waals surface area contributed by atoms with E-state index in [1.807, 2.05) is 12.1 Å². The predicted molar refractivity (Wildman–Crippen MR) is 70.7 cm³/mol. The van der Waals surface area contributed by atoms with Crippen molar-refractivity contribution in [1.29, 1.82) is 0 Å². The molecule has 3 rings (SSSR count). The molecule has 0 bridgehead atoms. The fourth-order valence-electron chi connectivity index (χ4n) is 3.63. The van der Waals surface area contributed by atoms with E-state index >= 15 is 0 Å². The van der Waals surface area contributed by atoms with Crippen LogP contribution >= 0.6 is 0 Å². The molecule has 0 saturated carbocycles. The van der Waals surface area contributed by atoms with Gasteiger partial charge in [0.25, 0.3) is 0 Å². The Hall–Kier alpha value is -0.930. The van der Waals surface area contributed by atoms with E-state index in [0.29, 0.717) is 6.04 Å². The summed E-state index contributed by atoms with van der Waals surface area (Å²) in [5, 5.41) is 0. The van der Waals surface area contributed by atoms with Crippen LogP contribution in [0, 0.1) is 17.7 Å². The maximum Gasteiger partial charge on any atom is 0.123 e. The lowest BCUT2D eigenvalue weighted by molar-refractivity contribution is 0.210. The summed E-state index contributed by atoms with van der Waals surface area (Å²) in [5.41, 5.74) is 1.22. The Bertz CT molecular complexity index is 417. The highest BCUT2D eigenvalue weighted by molar-refractivity contribution is 5.16. The first kappa shape index (κ1) is 12.1. The van der Waals surface area contributed by atoms with Crippen LogP contribution < -0.4 is 0 Å². The van der Waals surface area contributed by atoms with Crippen LogP contribution in [-0.2, 0) is 6.54 Å². The lowest BCUT2D eigenvalue weighted by Crippen LogP contribution is -2.33. The van der Waals surface area contributed by atoms with Gasteiger partial charge in [-0.05, 0) is 43.5 Å². The molecule has 0 radical (unpaired) electrons. The molecule has 1 aromatic rings. The average molecular weight is 248 g/mol. The van der Waals surface area contributed by atoms with Crippen LogP contribution in [0.25, 0.3) is 0 Å². The lowest BCUT2D eigenvalue weighted by Gasteiger charge is -2.25. The van der Waals surface area contributed by atoms with Crippen LogP contribution in [0.4, 0.5) is 4.39 Å². The summed E-state index contributed by atoms with van der Waals surface area (Å²) < 4.78 is 12.9. The Balaban J connectivity index is 1.67. The zero-order valence-electron chi connectivity index (χ0n) is 11.1. The van der Waals surface area contributed by atoms with E-state index in [1.54, 1.807) is 12.1 Å². The number of rotatable bonds is 2. The largest absolute Gasteiger partial charge is 0.306 e. The highest BCUT2D eigenvalue weighted by Gasteiger charge is 2.43. The van der Waals surface area contributed by atoms with Gasteiger partial charge in [-0.3, -0.25) is 4.90 Å². The summed E-state index contributed by atoms with van der Waals surface area (Å²) >= 11 is 0. The third-order valence-corrected chi connectivity index (χ3v) is 4.64. The van der Waals surface area contributed by atoms with E-state index in [9.17, 15) is 4.39 Å². The number of fused-ring (bicyclic) bond motifs is 1. The zero-order valence-corrected chi connectivity index (χ0v) is 11.1. The van der Waals surface area contributed by atoms with E-state index in [0.717, 1.165) is 18.4 Å². The Kier molecular flexibility index (Phi) is 3.12. The summed E-state index contributed by atoms with van der Waals surface area (Å²) in [5.74, 6) is 1.49. The Morgan fingerprint density at radius 1 is 1.17 bits per heavy atom. The fraction of sp³-hybridized carbons (Fsp3) is 0.600. The van der Waals surface area contributed by atoms with Crippen LogP contribution in [0.1, 0.15) is 12.5 Å². The van der Waals surface area contributed by atoms with Gasteiger partial charge in [-0.25, -0.2) is 4.39 Å². The minimum atomic E-state index is -0.147. The molecule has 3 atom stereocenters. The first-order valence-electron chi connectivity index (χ1n) is 6.80. The second-order valence-electron chi connectivity index (χ2n) is 5.94. The monoisotopic (exact) mass is 248 g/mol. The fourth-order valence-corrected chi connectivity index (χ4v) is 3.63. The Morgan fingerprint density at radius 3 is 2.56 bits per heavy atom. The number of nitrogens with zero attached hydrogens (tertiary/aromatic N) is 2. The third kappa shape index (κ3) is 2.17. The Labute approximate surface area is 108 Å². The van der Waals surface area contributed by atoms with Gasteiger partial charge in [0.2, 0.25) is 0 Å². The molecule has 0 amide bonds. The molecule has 2 fully saturated rings. The highest BCUT2D eigenvalue weighted by Crippen LogP contribution is 2.36. The van der Waals surface area contributed by atoms with Gasteiger partial charge in [-0.1, -0.05) is 12.1 Å². The van der Waals surface area contributed by atoms with Gasteiger partial charge in [-0.2, -0.15) is 0 Å². The van der Waals surface area contributed by atoms with Crippen LogP contribution in [0.2, 0.25) is 0 Å². The minimum absolute atomic E-state index is 0.147. The second-order valence-corrected chi connectivity index (χ2v) is 5.94. The number of likely N-dealkylation sites (tertiary alicyclic amines) is 2. The van der Waals surface area contributed by atoms with E-state index in [4.69, 9.17) is 0 Å². The number of hydrogen-bond donors (Lipinski definition) is 0. The molecule has 1 aromatic carbocycles. The zero-order chi connectivity index (χ0) is 12.7. The van der Waals surface area contributed by atoms with Gasteiger partial charge < -0.3 is 4.90 Å². The van der Waals surface area contributed by atoms with Crippen molar-refractivity contribution in [3.05, 3.63) is 35.6 Å². The molecule has 2 saturated heterocycles. The van der Waals surface area contributed by atoms with Crippen LogP contribution in [-0.4, -0.2) is 42.5 Å². The van der Waals surface area contributed by atoms with E-state index in [2.05, 4.69) is 23.8 Å². The summed E-state index contributed by atoms with van der Waals surface area (Å²) in [7, 11) is 2.22. The summed E-state index contributed by atoms with van der Waals surface area (Å²) in [4.78, 5) is 5.00. The van der Waals surface area contributed by atoms with Gasteiger partial charge in [-0.15, -0.1) is 0 Å². The lowest BCUT2D eigenvalue weighted by atomic mass is 9.95. The van der Waals surface area contributed by atoms with Crippen molar-refractivity contribution in [1.82, 2.24) is 9.80 Å². The van der Waals surface area contributed by atoms with Crippen molar-refractivity contribution in [2.75, 3.05) is 26.7 Å². The maximum absolute atomic E-state index is 12.9. The first-order valence-corrected chi connectivity index (χ1v) is 6.80. The third-order valence-electron chi connectivity index (χ3n) is 4.64. The van der Waals surface area contributed by atoms with Crippen LogP contribution in [0.15, 0.2) is 24.3 Å². The number of hydrogen-bond acceptors (Lipinski definition) is 2. The smallest absolute Gasteiger partial charge is 0.123 e. The molecule has 0 aromatic heterocycles. The number of halogens is 1. The molecule has 18 heavy (non-hydrogen) atoms. The van der Waals surface area contributed by atoms with Crippen molar-refractivity contribution < 1.29 is 4.39 Å². The van der Waals surface area contributed by atoms with Crippen molar-refractivity contribution in [3.8, 4) is 0 Å². The molecular formula is C15H21FN2. The van der Waals surface area contributed by atoms with Crippen molar-refractivity contribution in [3.63, 3.8) is 0 Å². The van der Waals surface area contributed by atoms with E-state index < -0.39 is 0 Å². The van der Waals surface area contributed by atoms with Gasteiger partial charge in [0.15, 0.2) is 0 Å². The molecule has 0 spiro atoms. The molecule has 2 aliphatic heterocycles. The van der Waals surface area contributed by atoms with Gasteiger partial charge in [0, 0.05) is 32.2 Å². The van der Waals surface area contributed by atoms with Crippen LogP contribution in [0.3, 0.4) is 0 Å². The summed E-state index contributed by atoms with van der Waals surface area (Å²) in [6.45, 7) is 6.94.